The molecule has 1 fully saturated rings. The number of aromatic nitrogens is 1. The Balaban J connectivity index is 0.000000146. The molecule has 3 N–H and O–H groups in total. The molecule has 0 atom stereocenters. The van der Waals surface area contributed by atoms with E-state index in [0.717, 1.165) is 5.01 Å². The van der Waals surface area contributed by atoms with Crippen molar-refractivity contribution in [3.05, 3.63) is 30.6 Å². The summed E-state index contributed by atoms with van der Waals surface area (Å²) >= 11 is 0. The first-order valence-corrected chi connectivity index (χ1v) is 3.91. The van der Waals surface area contributed by atoms with Gasteiger partial charge in [-0.05, 0) is 12.1 Å². The molecule has 1 aromatic rings. The molecule has 0 spiro atoms. The van der Waals surface area contributed by atoms with E-state index in [1.807, 2.05) is 23.5 Å². The van der Waals surface area contributed by atoms with Gasteiger partial charge in [0.1, 0.15) is 6.54 Å². The largest absolute Gasteiger partial charge is 0.338 e. The highest BCUT2D eigenvalue weighted by Gasteiger charge is 2.22. The average Bonchev–Trinajstić information content (AvgIpc) is 2.48. The number of carbonyl (C=O) groups is 2. The number of amides is 3. The SMILES string of the molecule is NN1CC(=O)NC1=O.c1ccncc1. The summed E-state index contributed by atoms with van der Waals surface area (Å²) in [5.41, 5.74) is 0. The molecule has 1 aromatic heterocycles. The fraction of sp³-hybridized carbons (Fsp3) is 0.125. The highest BCUT2D eigenvalue weighted by Crippen LogP contribution is 1.87. The third-order valence-corrected chi connectivity index (χ3v) is 1.39. The van der Waals surface area contributed by atoms with Crippen LogP contribution in [-0.4, -0.2) is 28.5 Å². The second kappa shape index (κ2) is 4.93. The molecule has 1 saturated heterocycles. The van der Waals surface area contributed by atoms with Gasteiger partial charge in [0.05, 0.1) is 0 Å². The van der Waals surface area contributed by atoms with Gasteiger partial charge in [-0.2, -0.15) is 0 Å². The molecule has 0 aromatic carbocycles. The monoisotopic (exact) mass is 194 g/mol. The van der Waals surface area contributed by atoms with E-state index in [4.69, 9.17) is 5.84 Å². The Morgan fingerprint density at radius 1 is 1.29 bits per heavy atom. The van der Waals surface area contributed by atoms with Crippen LogP contribution in [-0.2, 0) is 4.79 Å². The quantitative estimate of drug-likeness (QED) is 0.331. The number of hydrogen-bond acceptors (Lipinski definition) is 4. The van der Waals surface area contributed by atoms with Crippen LogP contribution < -0.4 is 11.2 Å². The van der Waals surface area contributed by atoms with E-state index in [1.54, 1.807) is 12.4 Å². The van der Waals surface area contributed by atoms with Crippen molar-refractivity contribution >= 4 is 11.9 Å². The number of imide groups is 1. The number of carbonyl (C=O) groups excluding carboxylic acids is 2. The Morgan fingerprint density at radius 2 is 1.93 bits per heavy atom. The summed E-state index contributed by atoms with van der Waals surface area (Å²) in [5.74, 6) is 4.62. The number of urea groups is 1. The number of nitrogens with zero attached hydrogens (tertiary/aromatic N) is 2. The first-order valence-electron chi connectivity index (χ1n) is 3.91. The molecular weight excluding hydrogens is 184 g/mol. The number of rotatable bonds is 0. The van der Waals surface area contributed by atoms with Crippen LogP contribution in [0, 0.1) is 0 Å². The van der Waals surface area contributed by atoms with Gasteiger partial charge >= 0.3 is 6.03 Å². The molecule has 0 radical (unpaired) electrons. The lowest BCUT2D eigenvalue weighted by atomic mass is 10.5. The van der Waals surface area contributed by atoms with Crippen molar-refractivity contribution in [2.45, 2.75) is 0 Å². The van der Waals surface area contributed by atoms with E-state index in [2.05, 4.69) is 4.98 Å². The molecule has 1 aliphatic rings. The molecule has 3 amide bonds. The lowest BCUT2D eigenvalue weighted by Gasteiger charge is -1.99. The Kier molecular flexibility index (Phi) is 3.57. The zero-order chi connectivity index (χ0) is 10.4. The fourth-order valence-electron chi connectivity index (χ4n) is 0.770. The fourth-order valence-corrected chi connectivity index (χ4v) is 0.770. The summed E-state index contributed by atoms with van der Waals surface area (Å²) in [7, 11) is 0. The van der Waals surface area contributed by atoms with Crippen LogP contribution in [0.1, 0.15) is 0 Å². The standard InChI is InChI=1S/C5H5N.C3H5N3O2/c1-2-4-6-5-3-1;4-6-1-2(7)5-3(6)8/h1-5H;1,4H2,(H,5,7,8). The number of pyridine rings is 1. The van der Waals surface area contributed by atoms with E-state index >= 15 is 0 Å². The van der Waals surface area contributed by atoms with Crippen LogP contribution in [0.25, 0.3) is 0 Å². The maximum absolute atomic E-state index is 10.3. The van der Waals surface area contributed by atoms with Crippen molar-refractivity contribution in [1.82, 2.24) is 15.3 Å². The first kappa shape index (κ1) is 10.1. The van der Waals surface area contributed by atoms with Gasteiger partial charge in [0.25, 0.3) is 0 Å². The smallest absolute Gasteiger partial charge is 0.275 e. The van der Waals surface area contributed by atoms with Crippen molar-refractivity contribution < 1.29 is 9.59 Å². The molecule has 6 nitrogen and oxygen atoms in total. The number of nitrogens with one attached hydrogen (secondary N) is 1. The summed E-state index contributed by atoms with van der Waals surface area (Å²) in [6.45, 7) is -0.0289. The predicted octanol–water partition coefficient (Wildman–Crippen LogP) is -0.506. The third kappa shape index (κ3) is 3.20. The topological polar surface area (TPSA) is 88.3 Å². The third-order valence-electron chi connectivity index (χ3n) is 1.39. The second-order valence-corrected chi connectivity index (χ2v) is 2.51. The van der Waals surface area contributed by atoms with Crippen molar-refractivity contribution in [3.63, 3.8) is 0 Å². The van der Waals surface area contributed by atoms with Crippen molar-refractivity contribution in [2.75, 3.05) is 6.54 Å². The van der Waals surface area contributed by atoms with E-state index < -0.39 is 6.03 Å². The van der Waals surface area contributed by atoms with Gasteiger partial charge in [-0.25, -0.2) is 10.6 Å². The van der Waals surface area contributed by atoms with Crippen LogP contribution in [0.4, 0.5) is 4.79 Å². The second-order valence-electron chi connectivity index (χ2n) is 2.51. The Labute approximate surface area is 80.7 Å². The Bertz CT molecular complexity index is 288. The number of nitrogens with two attached hydrogens (primary N) is 1. The first-order chi connectivity index (χ1) is 6.70. The predicted molar refractivity (Wildman–Crippen MR) is 48.7 cm³/mol. The Morgan fingerprint density at radius 3 is 2.07 bits per heavy atom. The summed E-state index contributed by atoms with van der Waals surface area (Å²) in [4.78, 5) is 24.2. The molecule has 6 heteroatoms. The maximum Gasteiger partial charge on any atom is 0.338 e. The highest BCUT2D eigenvalue weighted by atomic mass is 16.2. The molecule has 2 rings (SSSR count). The highest BCUT2D eigenvalue weighted by molar-refractivity contribution is 6.01. The van der Waals surface area contributed by atoms with Crippen LogP contribution in [0.2, 0.25) is 0 Å². The normalized spacial score (nSPS) is 14.5. The maximum atomic E-state index is 10.3. The Hall–Kier alpha value is -1.95. The molecule has 14 heavy (non-hydrogen) atoms. The van der Waals surface area contributed by atoms with Gasteiger partial charge in [-0.1, -0.05) is 6.07 Å². The van der Waals surface area contributed by atoms with Gasteiger partial charge in [0.2, 0.25) is 5.91 Å². The lowest BCUT2D eigenvalue weighted by molar-refractivity contribution is -0.118. The molecule has 2 heterocycles. The van der Waals surface area contributed by atoms with Crippen molar-refractivity contribution in [3.8, 4) is 0 Å². The molecular formula is C8H10N4O2. The summed E-state index contributed by atoms with van der Waals surface area (Å²) in [6, 6.07) is 5.18. The molecule has 0 unspecified atom stereocenters. The summed E-state index contributed by atoms with van der Waals surface area (Å²) < 4.78 is 0. The van der Waals surface area contributed by atoms with Crippen LogP contribution in [0.3, 0.4) is 0 Å². The van der Waals surface area contributed by atoms with Crippen LogP contribution in [0.15, 0.2) is 30.6 Å². The molecule has 74 valence electrons. The van der Waals surface area contributed by atoms with Gasteiger partial charge in [0.15, 0.2) is 0 Å². The zero-order valence-corrected chi connectivity index (χ0v) is 7.38. The molecule has 0 bridgehead atoms. The van der Waals surface area contributed by atoms with Gasteiger partial charge in [-0.15, -0.1) is 0 Å². The van der Waals surface area contributed by atoms with Crippen LogP contribution >= 0.6 is 0 Å². The summed E-state index contributed by atoms with van der Waals surface area (Å²) in [5, 5.41) is 2.81. The minimum Gasteiger partial charge on any atom is -0.275 e. The minimum absolute atomic E-state index is 0.0289. The van der Waals surface area contributed by atoms with E-state index in [-0.39, 0.29) is 12.5 Å². The van der Waals surface area contributed by atoms with Gasteiger partial charge < -0.3 is 0 Å². The van der Waals surface area contributed by atoms with E-state index in [1.165, 1.54) is 0 Å². The lowest BCUT2D eigenvalue weighted by Crippen LogP contribution is -2.34. The minimum atomic E-state index is -0.532. The number of hydrogen-bond donors (Lipinski definition) is 2. The van der Waals surface area contributed by atoms with Crippen molar-refractivity contribution in [1.29, 1.82) is 0 Å². The van der Waals surface area contributed by atoms with Crippen LogP contribution in [0.5, 0.6) is 0 Å². The van der Waals surface area contributed by atoms with E-state index in [0.29, 0.717) is 0 Å². The van der Waals surface area contributed by atoms with Gasteiger partial charge in [-0.3, -0.25) is 20.1 Å². The van der Waals surface area contributed by atoms with E-state index in [9.17, 15) is 9.59 Å². The van der Waals surface area contributed by atoms with Crippen molar-refractivity contribution in [2.24, 2.45) is 5.84 Å². The average molecular weight is 194 g/mol. The molecule has 0 saturated carbocycles. The summed E-state index contributed by atoms with van der Waals surface area (Å²) in [6.07, 6.45) is 3.50. The molecule has 0 aliphatic carbocycles. The van der Waals surface area contributed by atoms with Gasteiger partial charge in [0, 0.05) is 12.4 Å². The number of hydrazine groups is 1. The molecule has 1 aliphatic heterocycles. The zero-order valence-electron chi connectivity index (χ0n) is 7.38.